The normalized spacial score (nSPS) is 15.5. The van der Waals surface area contributed by atoms with Gasteiger partial charge in [-0.25, -0.2) is 4.79 Å². The number of rotatable bonds is 39. The van der Waals surface area contributed by atoms with E-state index in [0.717, 1.165) is 0 Å². The van der Waals surface area contributed by atoms with Gasteiger partial charge in [0.1, 0.15) is 42.3 Å². The second-order valence-electron chi connectivity index (χ2n) is 20.0. The lowest BCUT2D eigenvalue weighted by atomic mass is 10.0. The van der Waals surface area contributed by atoms with Crippen molar-refractivity contribution >= 4 is 83.0 Å². The van der Waals surface area contributed by atoms with Crippen LogP contribution in [0.2, 0.25) is 0 Å². The highest BCUT2D eigenvalue weighted by Crippen LogP contribution is 2.21. The Bertz CT molecular complexity index is 2190. The lowest BCUT2D eigenvalue weighted by Crippen LogP contribution is -2.58. The molecule has 1 aliphatic heterocycles. The van der Waals surface area contributed by atoms with Gasteiger partial charge in [-0.05, 0) is 95.4 Å². The molecule has 0 aliphatic carbocycles. The number of hydrogen-bond donors (Lipinski definition) is 17. The van der Waals surface area contributed by atoms with E-state index in [0.29, 0.717) is 32.2 Å². The smallest absolute Gasteiger partial charge is 0.326 e. The molecule has 0 radical (unpaired) electrons. The van der Waals surface area contributed by atoms with Crippen LogP contribution in [0, 0.1) is 11.8 Å². The Morgan fingerprint density at radius 3 is 1.56 bits per heavy atom. The van der Waals surface area contributed by atoms with Gasteiger partial charge in [-0.15, -0.1) is 0 Å². The van der Waals surface area contributed by atoms with Crippen LogP contribution >= 0.6 is 0 Å². The molecule has 8 atom stereocenters. The Morgan fingerprint density at radius 2 is 1.04 bits per heavy atom. The van der Waals surface area contributed by atoms with Crippen molar-refractivity contribution in [2.45, 2.75) is 166 Å². The standard InChI is InChI=1S/C48H85N17O15/c1-25(2)20-27(50)45(78)65-19-9-13-34(65)44(77)61-29(11-7-17-55-47(51)52)41(74)63-32(21-26(3)4)39(72)58-23-35(66)57-24-36(67)59-28(10-5-6-16-49)40(73)60-30(14-15-37(68)69)42(75)64-33(22-38(70)71)43(76)62-31(46(79)80)12-8-18-56-48(53)54/h25-34H,5-24,49-50H2,1-4H3,(H,57,66)(H,58,72)(H,59,67)(H,60,73)(H,61,77)(H,62,76)(H,63,74)(H,64,75)(H,68,69)(H,70,71)(H,79,80)(H4,51,52,55)(H4,53,54,56)/t27-,28-,29-,30-,31-,32-,33-,34-/m0/s1. The predicted molar refractivity (Wildman–Crippen MR) is 289 cm³/mol. The van der Waals surface area contributed by atoms with E-state index in [1.54, 1.807) is 13.8 Å². The topological polar surface area (TPSA) is 546 Å². The molecule has 23 N–H and O–H groups in total. The van der Waals surface area contributed by atoms with Crippen molar-refractivity contribution in [2.24, 2.45) is 56.2 Å². The molecule has 0 aromatic carbocycles. The van der Waals surface area contributed by atoms with Gasteiger partial charge < -0.3 is 97.2 Å². The van der Waals surface area contributed by atoms with Crippen molar-refractivity contribution in [3.05, 3.63) is 0 Å². The average Bonchev–Trinajstić information content (AvgIpc) is 3.86. The number of carboxylic acid groups (broad SMARTS) is 3. The van der Waals surface area contributed by atoms with Crippen LogP contribution in [-0.2, 0) is 57.5 Å². The first kappa shape index (κ1) is 70.1. The highest BCUT2D eigenvalue weighted by molar-refractivity contribution is 5.98. The first-order valence-corrected chi connectivity index (χ1v) is 26.4. The summed E-state index contributed by atoms with van der Waals surface area (Å²) in [5.74, 6) is -12.9. The van der Waals surface area contributed by atoms with Gasteiger partial charge in [-0.2, -0.15) is 0 Å². The Balaban J connectivity index is 3.16. The average molecular weight is 1140 g/mol. The monoisotopic (exact) mass is 1140 g/mol. The number of aliphatic imine (C=N–C) groups is 2. The number of guanidine groups is 2. The number of aliphatic carboxylic acids is 3. The highest BCUT2D eigenvalue weighted by Gasteiger charge is 2.39. The van der Waals surface area contributed by atoms with E-state index in [2.05, 4.69) is 52.5 Å². The number of amides is 9. The van der Waals surface area contributed by atoms with E-state index in [4.69, 9.17) is 34.4 Å². The van der Waals surface area contributed by atoms with Crippen molar-refractivity contribution in [1.29, 1.82) is 0 Å². The third kappa shape index (κ3) is 28.6. The summed E-state index contributed by atoms with van der Waals surface area (Å²) in [6, 6.07) is -10.9. The number of carbonyl (C=O) groups excluding carboxylic acids is 9. The van der Waals surface area contributed by atoms with Gasteiger partial charge >= 0.3 is 17.9 Å². The fourth-order valence-corrected chi connectivity index (χ4v) is 8.18. The van der Waals surface area contributed by atoms with Crippen LogP contribution in [0.25, 0.3) is 0 Å². The largest absolute Gasteiger partial charge is 0.481 e. The molecule has 452 valence electrons. The molecule has 9 amide bonds. The molecule has 1 rings (SSSR count). The number of carboxylic acids is 3. The molecule has 1 heterocycles. The molecular formula is C48H85N17O15. The summed E-state index contributed by atoms with van der Waals surface area (Å²) in [6.45, 7) is 6.51. The van der Waals surface area contributed by atoms with Crippen molar-refractivity contribution < 1.29 is 72.9 Å². The maximum atomic E-state index is 13.9. The van der Waals surface area contributed by atoms with Crippen LogP contribution in [-0.4, -0.2) is 191 Å². The van der Waals surface area contributed by atoms with Gasteiger partial charge in [0, 0.05) is 26.1 Å². The summed E-state index contributed by atoms with van der Waals surface area (Å²) in [4.78, 5) is 165. The fraction of sp³-hybridized carbons (Fsp3) is 0.708. The summed E-state index contributed by atoms with van der Waals surface area (Å²) >= 11 is 0. The minimum atomic E-state index is -1.92. The molecule has 0 spiro atoms. The van der Waals surface area contributed by atoms with Gasteiger partial charge in [0.25, 0.3) is 0 Å². The van der Waals surface area contributed by atoms with Gasteiger partial charge in [0.2, 0.25) is 53.2 Å². The number of likely N-dealkylation sites (tertiary alicyclic amines) is 1. The van der Waals surface area contributed by atoms with Gasteiger partial charge in [0.05, 0.1) is 25.6 Å². The van der Waals surface area contributed by atoms with Crippen LogP contribution in [0.5, 0.6) is 0 Å². The number of nitrogens with one attached hydrogen (secondary N) is 8. The summed E-state index contributed by atoms with van der Waals surface area (Å²) in [7, 11) is 0. The molecule has 80 heavy (non-hydrogen) atoms. The molecule has 0 unspecified atom stereocenters. The molecule has 0 saturated carbocycles. The lowest BCUT2D eigenvalue weighted by molar-refractivity contribution is -0.144. The zero-order valence-electron chi connectivity index (χ0n) is 46.0. The highest BCUT2D eigenvalue weighted by atomic mass is 16.4. The van der Waals surface area contributed by atoms with Crippen molar-refractivity contribution in [1.82, 2.24) is 47.4 Å². The molecule has 32 heteroatoms. The summed E-state index contributed by atoms with van der Waals surface area (Å²) < 4.78 is 0. The molecule has 0 bridgehead atoms. The molecule has 1 fully saturated rings. The van der Waals surface area contributed by atoms with E-state index >= 15 is 0 Å². The minimum Gasteiger partial charge on any atom is -0.481 e. The summed E-state index contributed by atoms with van der Waals surface area (Å²) in [5, 5.41) is 47.7. The van der Waals surface area contributed by atoms with Crippen LogP contribution in [0.4, 0.5) is 0 Å². The van der Waals surface area contributed by atoms with Crippen molar-refractivity contribution in [2.75, 3.05) is 39.3 Å². The van der Waals surface area contributed by atoms with E-state index < -0.39 is 146 Å². The number of nitrogens with two attached hydrogens (primary N) is 6. The van der Waals surface area contributed by atoms with Gasteiger partial charge in [-0.3, -0.25) is 62.7 Å². The zero-order valence-corrected chi connectivity index (χ0v) is 46.0. The van der Waals surface area contributed by atoms with Crippen molar-refractivity contribution in [3.8, 4) is 0 Å². The fourth-order valence-electron chi connectivity index (χ4n) is 8.18. The van der Waals surface area contributed by atoms with E-state index in [9.17, 15) is 72.9 Å². The predicted octanol–water partition coefficient (Wildman–Crippen LogP) is -5.80. The first-order chi connectivity index (χ1) is 37.6. The van der Waals surface area contributed by atoms with Crippen molar-refractivity contribution in [3.63, 3.8) is 0 Å². The summed E-state index contributed by atoms with van der Waals surface area (Å²) in [6.07, 6.45) is -0.419. The quantitative estimate of drug-likeness (QED) is 0.0155. The van der Waals surface area contributed by atoms with E-state index in [1.807, 2.05) is 13.8 Å². The van der Waals surface area contributed by atoms with Gasteiger partial charge in [-0.1, -0.05) is 27.7 Å². The third-order valence-corrected chi connectivity index (χ3v) is 12.1. The second-order valence-corrected chi connectivity index (χ2v) is 20.0. The number of hydrogen-bond acceptors (Lipinski definition) is 16. The maximum Gasteiger partial charge on any atom is 0.326 e. The first-order valence-electron chi connectivity index (χ1n) is 26.4. The number of unbranched alkanes of at least 4 members (excludes halogenated alkanes) is 1. The molecule has 0 aromatic rings. The lowest BCUT2D eigenvalue weighted by Gasteiger charge is -2.29. The summed E-state index contributed by atoms with van der Waals surface area (Å²) in [5.41, 5.74) is 33.3. The Hall–Kier alpha value is -7.90. The van der Waals surface area contributed by atoms with Crippen LogP contribution < -0.4 is 76.9 Å². The number of nitrogens with zero attached hydrogens (tertiary/aromatic N) is 3. The van der Waals surface area contributed by atoms with E-state index in [1.165, 1.54) is 4.90 Å². The third-order valence-electron chi connectivity index (χ3n) is 12.1. The van der Waals surface area contributed by atoms with Gasteiger partial charge in [0.15, 0.2) is 11.9 Å². The molecule has 1 saturated heterocycles. The Labute approximate surface area is 463 Å². The minimum absolute atomic E-state index is 0.00492. The Morgan fingerprint density at radius 1 is 0.550 bits per heavy atom. The van der Waals surface area contributed by atoms with Crippen LogP contribution in [0.1, 0.15) is 118 Å². The molecule has 0 aromatic heterocycles. The SMILES string of the molecule is CC(C)C[C@H](NC(=O)[C@H](CCCN=C(N)N)NC(=O)[C@@H]1CCCN1C(=O)[C@@H](N)CC(C)C)C(=O)NCC(=O)NCC(=O)N[C@@H](CCCCN)C(=O)N[C@@H](CCC(=O)O)C(=O)N[C@@H](CC(=O)O)C(=O)N[C@@H](CCCN=C(N)N)C(=O)O. The zero-order chi connectivity index (χ0) is 60.6. The van der Waals surface area contributed by atoms with Crippen LogP contribution in [0.3, 0.4) is 0 Å². The molecule has 32 nitrogen and oxygen atoms in total. The van der Waals surface area contributed by atoms with Crippen LogP contribution in [0.15, 0.2) is 9.98 Å². The van der Waals surface area contributed by atoms with E-state index in [-0.39, 0.29) is 94.2 Å². The molecule has 1 aliphatic rings. The number of carbonyl (C=O) groups is 12. The molecular weight excluding hydrogens is 1050 g/mol. The second kappa shape index (κ2) is 37.1. The Kier molecular flexibility index (Phi) is 32.5. The maximum absolute atomic E-state index is 13.9.